The molecular formula is C46H54F3N7O4. The maximum Gasteiger partial charge on any atom is 0.319 e. The molecule has 2 N–H and O–H groups in total. The SMILES string of the molecule is C#Cc1c(F)ccc2cc(O)cc(-c3ncc4c(NCC5(N(C)C(=O)C=C)CCCC5)nc(OC[C@]5(C)C[C@@H](F)CN5C5CCC(N6CCOC[C@@H]6C)CC5)nc4c3F)c12. The molecule has 4 heterocycles. The van der Waals surface area contributed by atoms with Gasteiger partial charge in [0, 0.05) is 68.4 Å². The number of rotatable bonds is 11. The number of likely N-dealkylation sites (N-methyl/N-ethyl adjacent to an activating group) is 1. The molecule has 4 aromatic rings. The number of amides is 1. The highest BCUT2D eigenvalue weighted by Gasteiger charge is 2.47. The molecule has 8 rings (SSSR count). The van der Waals surface area contributed by atoms with E-state index >= 15 is 13.2 Å². The third-order valence-electron chi connectivity index (χ3n) is 13.7. The number of aromatic hydroxyl groups is 1. The van der Waals surface area contributed by atoms with Crippen molar-refractivity contribution >= 4 is 33.4 Å². The fraction of sp³-hybridized carbons (Fsp3) is 0.522. The lowest BCUT2D eigenvalue weighted by Gasteiger charge is -2.46. The summed E-state index contributed by atoms with van der Waals surface area (Å²) >= 11 is 0. The Hall–Kier alpha value is -4.97. The number of benzene rings is 2. The standard InChI is InChI=1S/C46H54F3N7O4/c1-6-34-37(48)15-10-29-20-33(57)21-35(39(29)34)41-40(49)42-36(23-50-41)43(51-26-46(16-8-9-17-46)54(5)38(58)7-2)53-44(52-42)60-27-45(4)22-30(47)24-56(45)32-13-11-31(12-14-32)55-18-19-59-25-28(55)3/h1,7,10,15,20-21,23,28,30-32,57H,2,8-9,11-14,16-19,22,24-27H2,3-5H3,(H,51,52,53)/t28-,30+,31?,32?,45-/m0/s1. The second-order valence-electron chi connectivity index (χ2n) is 17.4. The van der Waals surface area contributed by atoms with Gasteiger partial charge in [0.2, 0.25) is 5.91 Å². The monoisotopic (exact) mass is 825 g/mol. The average molecular weight is 826 g/mol. The molecule has 2 aliphatic carbocycles. The third-order valence-corrected chi connectivity index (χ3v) is 13.7. The molecule has 318 valence electrons. The number of hydrogen-bond acceptors (Lipinski definition) is 10. The predicted molar refractivity (Wildman–Crippen MR) is 226 cm³/mol. The van der Waals surface area contributed by atoms with Crippen molar-refractivity contribution in [2.24, 2.45) is 0 Å². The van der Waals surface area contributed by atoms with Crippen molar-refractivity contribution in [3.8, 4) is 35.4 Å². The van der Waals surface area contributed by atoms with Gasteiger partial charge in [0.25, 0.3) is 0 Å². The molecule has 0 radical (unpaired) electrons. The van der Waals surface area contributed by atoms with Crippen LogP contribution in [0.1, 0.15) is 77.2 Å². The van der Waals surface area contributed by atoms with Crippen LogP contribution in [0.2, 0.25) is 0 Å². The minimum absolute atomic E-state index is 0.0564. The van der Waals surface area contributed by atoms with Crippen molar-refractivity contribution in [1.29, 1.82) is 0 Å². The van der Waals surface area contributed by atoms with Crippen molar-refractivity contribution in [3.05, 3.63) is 60.3 Å². The van der Waals surface area contributed by atoms with Gasteiger partial charge in [0.05, 0.1) is 35.2 Å². The lowest BCUT2D eigenvalue weighted by atomic mass is 9.86. The molecule has 14 heteroatoms. The van der Waals surface area contributed by atoms with Crippen LogP contribution in [0.3, 0.4) is 0 Å². The summed E-state index contributed by atoms with van der Waals surface area (Å²) in [5.41, 5.74) is -1.59. The Kier molecular flexibility index (Phi) is 11.7. The Morgan fingerprint density at radius 1 is 1.18 bits per heavy atom. The fourth-order valence-corrected chi connectivity index (χ4v) is 10.5. The molecule has 4 aliphatic rings. The van der Waals surface area contributed by atoms with Gasteiger partial charge in [-0.1, -0.05) is 31.4 Å². The number of nitrogens with one attached hydrogen (secondary N) is 1. The summed E-state index contributed by atoms with van der Waals surface area (Å²) in [5.74, 6) is 0.680. The van der Waals surface area contributed by atoms with Crippen molar-refractivity contribution in [1.82, 2.24) is 29.7 Å². The number of hydrogen-bond donors (Lipinski definition) is 2. The van der Waals surface area contributed by atoms with Crippen LogP contribution in [-0.4, -0.2) is 123 Å². The first-order valence-corrected chi connectivity index (χ1v) is 21.1. The van der Waals surface area contributed by atoms with Crippen molar-refractivity contribution in [2.45, 2.75) is 107 Å². The Morgan fingerprint density at radius 3 is 2.65 bits per heavy atom. The van der Waals surface area contributed by atoms with E-state index in [1.54, 1.807) is 11.9 Å². The third kappa shape index (κ3) is 7.76. The van der Waals surface area contributed by atoms with Gasteiger partial charge < -0.3 is 24.8 Å². The highest BCUT2D eigenvalue weighted by atomic mass is 19.1. The van der Waals surface area contributed by atoms with Crippen LogP contribution < -0.4 is 10.1 Å². The van der Waals surface area contributed by atoms with Crippen LogP contribution in [0.15, 0.2) is 43.1 Å². The van der Waals surface area contributed by atoms with E-state index in [2.05, 4.69) is 44.5 Å². The fourth-order valence-electron chi connectivity index (χ4n) is 10.5. The molecule has 11 nitrogen and oxygen atoms in total. The highest BCUT2D eigenvalue weighted by Crippen LogP contribution is 2.42. The van der Waals surface area contributed by atoms with Gasteiger partial charge in [-0.05, 0) is 82.0 Å². The van der Waals surface area contributed by atoms with E-state index in [9.17, 15) is 9.90 Å². The summed E-state index contributed by atoms with van der Waals surface area (Å²) in [5, 5.41) is 14.9. The van der Waals surface area contributed by atoms with E-state index in [0.717, 1.165) is 71.1 Å². The number of terminal acetylenes is 1. The molecule has 0 unspecified atom stereocenters. The van der Waals surface area contributed by atoms with E-state index < -0.39 is 28.9 Å². The summed E-state index contributed by atoms with van der Waals surface area (Å²) in [6, 6.07) is 6.29. The molecule has 4 fully saturated rings. The van der Waals surface area contributed by atoms with Crippen LogP contribution in [-0.2, 0) is 9.53 Å². The van der Waals surface area contributed by atoms with Gasteiger partial charge in [-0.2, -0.15) is 9.97 Å². The highest BCUT2D eigenvalue weighted by molar-refractivity contribution is 6.03. The summed E-state index contributed by atoms with van der Waals surface area (Å²) < 4.78 is 59.8. The van der Waals surface area contributed by atoms with E-state index in [1.807, 2.05) is 6.92 Å². The Labute approximate surface area is 349 Å². The number of aromatic nitrogens is 3. The molecule has 2 aliphatic heterocycles. The zero-order valence-electron chi connectivity index (χ0n) is 34.7. The van der Waals surface area contributed by atoms with E-state index in [4.69, 9.17) is 20.9 Å². The second kappa shape index (κ2) is 16.8. The lowest BCUT2D eigenvalue weighted by Crippen LogP contribution is -2.55. The molecule has 1 amide bonds. The first-order valence-electron chi connectivity index (χ1n) is 21.1. The van der Waals surface area contributed by atoms with Crippen LogP contribution in [0.5, 0.6) is 11.8 Å². The van der Waals surface area contributed by atoms with Crippen LogP contribution in [0.25, 0.3) is 32.9 Å². The number of pyridine rings is 1. The minimum Gasteiger partial charge on any atom is -0.508 e. The first kappa shape index (κ1) is 41.8. The van der Waals surface area contributed by atoms with Crippen LogP contribution in [0.4, 0.5) is 19.0 Å². The Morgan fingerprint density at radius 2 is 1.93 bits per heavy atom. The number of ether oxygens (including phenoxy) is 2. The molecule has 2 saturated carbocycles. The summed E-state index contributed by atoms with van der Waals surface area (Å²) in [6.07, 6.45) is 14.9. The first-order chi connectivity index (χ1) is 28.8. The molecule has 2 aromatic carbocycles. The molecule has 0 bridgehead atoms. The van der Waals surface area contributed by atoms with Crippen molar-refractivity contribution in [3.63, 3.8) is 0 Å². The Balaban J connectivity index is 1.14. The molecule has 2 saturated heterocycles. The number of likely N-dealkylation sites (tertiary alicyclic amines) is 1. The second-order valence-corrected chi connectivity index (χ2v) is 17.4. The number of nitrogens with zero attached hydrogens (tertiary/aromatic N) is 6. The molecule has 60 heavy (non-hydrogen) atoms. The number of carbonyl (C=O) groups is 1. The minimum atomic E-state index is -1.04. The molecule has 3 atom stereocenters. The van der Waals surface area contributed by atoms with Gasteiger partial charge in [-0.25, -0.2) is 13.2 Å². The molecule has 2 aromatic heterocycles. The zero-order chi connectivity index (χ0) is 42.3. The van der Waals surface area contributed by atoms with Gasteiger partial charge in [-0.3, -0.25) is 19.6 Å². The van der Waals surface area contributed by atoms with Crippen molar-refractivity contribution < 1.29 is 32.5 Å². The number of phenols is 1. The van der Waals surface area contributed by atoms with Gasteiger partial charge in [0.15, 0.2) is 5.82 Å². The zero-order valence-corrected chi connectivity index (χ0v) is 34.7. The average Bonchev–Trinajstić information content (AvgIpc) is 3.86. The predicted octanol–water partition coefficient (Wildman–Crippen LogP) is 7.39. The maximum absolute atomic E-state index is 17.2. The van der Waals surface area contributed by atoms with Gasteiger partial charge >= 0.3 is 6.01 Å². The topological polar surface area (TPSA) is 116 Å². The largest absolute Gasteiger partial charge is 0.508 e. The number of phenolic OH excluding ortho intramolecular Hbond substituents is 1. The van der Waals surface area contributed by atoms with Crippen molar-refractivity contribution in [2.75, 3.05) is 51.8 Å². The quantitative estimate of drug-likeness (QED) is 0.117. The number of morpholine rings is 1. The van der Waals surface area contributed by atoms with E-state index in [-0.39, 0.29) is 75.7 Å². The molecule has 0 spiro atoms. The van der Waals surface area contributed by atoms with E-state index in [1.165, 1.54) is 36.5 Å². The summed E-state index contributed by atoms with van der Waals surface area (Å²) in [7, 11) is 1.76. The lowest BCUT2D eigenvalue weighted by molar-refractivity contribution is -0.129. The van der Waals surface area contributed by atoms with E-state index in [0.29, 0.717) is 30.6 Å². The number of carbonyl (C=O) groups excluding carboxylic acids is 1. The maximum atomic E-state index is 17.2. The van der Waals surface area contributed by atoms with Gasteiger partial charge in [-0.15, -0.1) is 6.42 Å². The summed E-state index contributed by atoms with van der Waals surface area (Å²) in [6.45, 7) is 11.0. The number of anilines is 1. The van der Waals surface area contributed by atoms with Gasteiger partial charge in [0.1, 0.15) is 41.4 Å². The van der Waals surface area contributed by atoms with Crippen LogP contribution in [0, 0.1) is 24.0 Å². The number of fused-ring (bicyclic) bond motifs is 2. The number of halogens is 3. The summed E-state index contributed by atoms with van der Waals surface area (Å²) in [4.78, 5) is 33.2. The van der Waals surface area contributed by atoms with Crippen LogP contribution >= 0.6 is 0 Å². The number of alkyl halides is 1. The Bertz CT molecular complexity index is 2330. The molecular weight excluding hydrogens is 772 g/mol. The normalized spacial score (nSPS) is 25.9. The smallest absolute Gasteiger partial charge is 0.319 e.